The molecule has 4 aromatic rings. The zero-order valence-corrected chi connectivity index (χ0v) is 17.8. The molecular weight excluding hydrogens is 418 g/mol. The molecule has 10 nitrogen and oxygen atoms in total. The van der Waals surface area contributed by atoms with Gasteiger partial charge in [0.05, 0.1) is 12.3 Å². The minimum atomic E-state index is -0.422. The van der Waals surface area contributed by atoms with E-state index in [-0.39, 0.29) is 12.5 Å². The summed E-state index contributed by atoms with van der Waals surface area (Å²) in [7, 11) is 0. The molecule has 0 unspecified atom stereocenters. The van der Waals surface area contributed by atoms with Crippen LogP contribution in [0.4, 0.5) is 10.8 Å². The number of benzene rings is 1. The van der Waals surface area contributed by atoms with Crippen LogP contribution in [0.25, 0.3) is 16.0 Å². The fourth-order valence-electron chi connectivity index (χ4n) is 3.65. The highest BCUT2D eigenvalue weighted by atomic mass is 32.1. The minimum Gasteiger partial charge on any atom is -0.492 e. The van der Waals surface area contributed by atoms with Crippen LogP contribution in [0.1, 0.15) is 19.8 Å². The molecule has 0 bridgehead atoms. The normalized spacial score (nSPS) is 13.9. The Hall–Kier alpha value is -3.47. The first-order valence-corrected chi connectivity index (χ1v) is 11.0. The summed E-state index contributed by atoms with van der Waals surface area (Å²) in [5.41, 5.74) is 1.15. The fraction of sp³-hybridized carbons (Fsp3) is 0.350. The number of amides is 1. The lowest BCUT2D eigenvalue weighted by Crippen LogP contribution is -2.28. The van der Waals surface area contributed by atoms with Crippen LogP contribution in [0, 0.1) is 0 Å². The predicted molar refractivity (Wildman–Crippen MR) is 118 cm³/mol. The van der Waals surface area contributed by atoms with Crippen molar-refractivity contribution in [3.05, 3.63) is 41.1 Å². The van der Waals surface area contributed by atoms with Gasteiger partial charge in [-0.25, -0.2) is 18.9 Å². The molecule has 3 aromatic heterocycles. The van der Waals surface area contributed by atoms with Crippen molar-refractivity contribution in [2.75, 3.05) is 29.9 Å². The SMILES string of the molecule is CCOc1ccccc1NC(=O)Cn1nc2c3sc(N4CCCC4)nc3ncn2c1=O. The highest BCUT2D eigenvalue weighted by molar-refractivity contribution is 7.22. The number of thiazole rings is 1. The number of carbonyl (C=O) groups is 1. The number of hydrogen-bond donors (Lipinski definition) is 1. The van der Waals surface area contributed by atoms with Gasteiger partial charge in [-0.1, -0.05) is 23.5 Å². The lowest BCUT2D eigenvalue weighted by Gasteiger charge is -2.11. The molecule has 11 heteroatoms. The third kappa shape index (κ3) is 3.61. The second-order valence-corrected chi connectivity index (χ2v) is 8.18. The van der Waals surface area contributed by atoms with E-state index in [0.29, 0.717) is 29.3 Å². The van der Waals surface area contributed by atoms with Crippen LogP contribution in [0.5, 0.6) is 5.75 Å². The fourth-order valence-corrected chi connectivity index (χ4v) is 4.70. The molecule has 1 aromatic carbocycles. The van der Waals surface area contributed by atoms with E-state index in [1.165, 1.54) is 22.1 Å². The van der Waals surface area contributed by atoms with Crippen molar-refractivity contribution in [3.63, 3.8) is 0 Å². The van der Waals surface area contributed by atoms with E-state index in [9.17, 15) is 9.59 Å². The Morgan fingerprint density at radius 1 is 1.26 bits per heavy atom. The van der Waals surface area contributed by atoms with Crippen LogP contribution in [0.2, 0.25) is 0 Å². The first kappa shape index (κ1) is 19.5. The van der Waals surface area contributed by atoms with Gasteiger partial charge in [-0.3, -0.25) is 4.79 Å². The van der Waals surface area contributed by atoms with Crippen molar-refractivity contribution in [1.82, 2.24) is 24.1 Å². The number of carbonyl (C=O) groups excluding carboxylic acids is 1. The summed E-state index contributed by atoms with van der Waals surface area (Å²) in [5.74, 6) is 0.203. The Balaban J connectivity index is 1.43. The Labute approximate surface area is 181 Å². The van der Waals surface area contributed by atoms with Crippen molar-refractivity contribution in [1.29, 1.82) is 0 Å². The van der Waals surface area contributed by atoms with Gasteiger partial charge in [0, 0.05) is 13.1 Å². The number of anilines is 2. The largest absolute Gasteiger partial charge is 0.492 e. The molecule has 1 aliphatic heterocycles. The van der Waals surface area contributed by atoms with Gasteiger partial charge < -0.3 is 15.0 Å². The van der Waals surface area contributed by atoms with Gasteiger partial charge in [-0.05, 0) is 31.9 Å². The molecule has 0 spiro atoms. The highest BCUT2D eigenvalue weighted by Crippen LogP contribution is 2.31. The summed E-state index contributed by atoms with van der Waals surface area (Å²) in [5, 5.41) is 8.09. The molecule has 5 rings (SSSR count). The first-order chi connectivity index (χ1) is 15.1. The third-order valence-corrected chi connectivity index (χ3v) is 6.20. The summed E-state index contributed by atoms with van der Waals surface area (Å²) < 4.78 is 8.77. The van der Waals surface area contributed by atoms with Crippen molar-refractivity contribution in [2.45, 2.75) is 26.3 Å². The van der Waals surface area contributed by atoms with Crippen LogP contribution in [-0.2, 0) is 11.3 Å². The van der Waals surface area contributed by atoms with E-state index in [1.807, 2.05) is 13.0 Å². The Kier molecular flexibility index (Phi) is 5.02. The van der Waals surface area contributed by atoms with Gasteiger partial charge in [-0.2, -0.15) is 4.98 Å². The average Bonchev–Trinajstić information content (AvgIpc) is 3.49. The van der Waals surface area contributed by atoms with Crippen molar-refractivity contribution in [2.24, 2.45) is 0 Å². The van der Waals surface area contributed by atoms with Gasteiger partial charge in [0.15, 0.2) is 16.4 Å². The lowest BCUT2D eigenvalue weighted by molar-refractivity contribution is -0.117. The quantitative estimate of drug-likeness (QED) is 0.490. The Morgan fingerprint density at radius 2 is 2.06 bits per heavy atom. The molecule has 4 heterocycles. The predicted octanol–water partition coefficient (Wildman–Crippen LogP) is 2.14. The van der Waals surface area contributed by atoms with Crippen LogP contribution in [0.15, 0.2) is 35.4 Å². The monoisotopic (exact) mass is 439 g/mol. The average molecular weight is 440 g/mol. The third-order valence-electron chi connectivity index (χ3n) is 5.10. The molecule has 160 valence electrons. The van der Waals surface area contributed by atoms with Crippen molar-refractivity contribution < 1.29 is 9.53 Å². The summed E-state index contributed by atoms with van der Waals surface area (Å²) in [4.78, 5) is 36.5. The minimum absolute atomic E-state index is 0.222. The highest BCUT2D eigenvalue weighted by Gasteiger charge is 2.20. The van der Waals surface area contributed by atoms with Crippen LogP contribution < -0.4 is 20.6 Å². The molecule has 1 fully saturated rings. The number of para-hydroxylation sites is 2. The Bertz CT molecular complexity index is 1320. The first-order valence-electron chi connectivity index (χ1n) is 10.2. The summed E-state index contributed by atoms with van der Waals surface area (Å²) in [6.45, 7) is 4.08. The van der Waals surface area contributed by atoms with Gasteiger partial charge >= 0.3 is 5.69 Å². The number of nitrogens with zero attached hydrogens (tertiary/aromatic N) is 6. The molecule has 0 atom stereocenters. The molecular formula is C20H21N7O3S. The summed E-state index contributed by atoms with van der Waals surface area (Å²) in [6, 6.07) is 7.16. The van der Waals surface area contributed by atoms with E-state index in [2.05, 4.69) is 25.3 Å². The molecule has 1 saturated heterocycles. The van der Waals surface area contributed by atoms with Gasteiger partial charge in [0.2, 0.25) is 5.91 Å². The number of ether oxygens (including phenoxy) is 1. The standard InChI is InChI=1S/C20H21N7O3S/c1-2-30-14-8-4-3-7-13(14)22-15(28)11-27-20(29)26-12-21-17-16(18(26)24-27)31-19(23-17)25-9-5-6-10-25/h3-4,7-8,12H,2,5-6,9-11H2,1H3,(H,22,28). The smallest absolute Gasteiger partial charge is 0.352 e. The van der Waals surface area contributed by atoms with E-state index in [0.717, 1.165) is 40.4 Å². The molecule has 0 saturated carbocycles. The maximum atomic E-state index is 12.8. The number of aromatic nitrogens is 5. The van der Waals surface area contributed by atoms with Crippen LogP contribution in [0.3, 0.4) is 0 Å². The number of nitrogens with one attached hydrogen (secondary N) is 1. The zero-order chi connectivity index (χ0) is 21.4. The molecule has 1 aliphatic rings. The number of rotatable bonds is 6. The topological polar surface area (TPSA) is 107 Å². The summed E-state index contributed by atoms with van der Waals surface area (Å²) >= 11 is 1.47. The summed E-state index contributed by atoms with van der Waals surface area (Å²) in [6.07, 6.45) is 3.71. The molecule has 1 amide bonds. The van der Waals surface area contributed by atoms with E-state index in [4.69, 9.17) is 4.74 Å². The second kappa shape index (κ2) is 7.99. The number of fused-ring (bicyclic) bond motifs is 3. The van der Waals surface area contributed by atoms with E-state index in [1.54, 1.807) is 18.2 Å². The van der Waals surface area contributed by atoms with E-state index >= 15 is 0 Å². The van der Waals surface area contributed by atoms with Gasteiger partial charge in [0.25, 0.3) is 0 Å². The maximum absolute atomic E-state index is 12.8. The Morgan fingerprint density at radius 3 is 2.87 bits per heavy atom. The second-order valence-electron chi connectivity index (χ2n) is 7.20. The van der Waals surface area contributed by atoms with E-state index < -0.39 is 5.69 Å². The molecule has 0 radical (unpaired) electrons. The molecule has 1 N–H and O–H groups in total. The van der Waals surface area contributed by atoms with Gasteiger partial charge in [-0.15, -0.1) is 5.10 Å². The van der Waals surface area contributed by atoms with Crippen molar-refractivity contribution in [3.8, 4) is 5.75 Å². The molecule has 31 heavy (non-hydrogen) atoms. The van der Waals surface area contributed by atoms with Crippen LogP contribution >= 0.6 is 11.3 Å². The maximum Gasteiger partial charge on any atom is 0.352 e. The van der Waals surface area contributed by atoms with Gasteiger partial charge in [0.1, 0.15) is 23.3 Å². The molecule has 0 aliphatic carbocycles. The zero-order valence-electron chi connectivity index (χ0n) is 16.9. The van der Waals surface area contributed by atoms with Crippen molar-refractivity contribution >= 4 is 44.1 Å². The lowest BCUT2D eigenvalue weighted by atomic mass is 10.3. The van der Waals surface area contributed by atoms with Crippen LogP contribution in [-0.4, -0.2) is 49.8 Å². The number of hydrogen-bond acceptors (Lipinski definition) is 8.